The van der Waals surface area contributed by atoms with E-state index >= 15 is 0 Å². The van der Waals surface area contributed by atoms with E-state index in [4.69, 9.17) is 4.74 Å². The quantitative estimate of drug-likeness (QED) is 0.523. The highest BCUT2D eigenvalue weighted by Crippen LogP contribution is 2.38. The lowest BCUT2D eigenvalue weighted by Gasteiger charge is -2.27. The summed E-state index contributed by atoms with van der Waals surface area (Å²) in [5.41, 5.74) is 3.39. The third-order valence-corrected chi connectivity index (χ3v) is 6.53. The van der Waals surface area contributed by atoms with Gasteiger partial charge in [0.25, 0.3) is 0 Å². The Morgan fingerprint density at radius 3 is 2.56 bits per heavy atom. The molecule has 0 unspecified atom stereocenters. The predicted molar refractivity (Wildman–Crippen MR) is 123 cm³/mol. The molecular weight excluding hydrogens is 427 g/mol. The number of nitrogens with zero attached hydrogens (tertiary/aromatic N) is 1. The summed E-state index contributed by atoms with van der Waals surface area (Å²) in [4.78, 5) is 28.8. The van der Waals surface area contributed by atoms with Crippen molar-refractivity contribution in [3.05, 3.63) is 87.5 Å². The van der Waals surface area contributed by atoms with Crippen LogP contribution in [0.5, 0.6) is 0 Å². The summed E-state index contributed by atoms with van der Waals surface area (Å²) >= 11 is 1.44. The molecule has 1 aliphatic heterocycles. The SMILES string of the molecule is CCOC(=O)c1c(NC(=O)Cc2ccc(F)cc2)sc2c1CCN(Cc1ccccc1)C2. The third-order valence-electron chi connectivity index (χ3n) is 5.40. The predicted octanol–water partition coefficient (Wildman–Crippen LogP) is 4.80. The number of halogens is 1. The van der Waals surface area contributed by atoms with Crippen molar-refractivity contribution >= 4 is 28.2 Å². The number of benzene rings is 2. The van der Waals surface area contributed by atoms with E-state index < -0.39 is 5.97 Å². The molecule has 0 spiro atoms. The van der Waals surface area contributed by atoms with E-state index in [-0.39, 0.29) is 24.8 Å². The number of hydrogen-bond donors (Lipinski definition) is 1. The molecule has 0 fully saturated rings. The van der Waals surface area contributed by atoms with Crippen LogP contribution in [0.4, 0.5) is 9.39 Å². The van der Waals surface area contributed by atoms with Crippen molar-refractivity contribution in [1.82, 2.24) is 4.90 Å². The van der Waals surface area contributed by atoms with E-state index in [0.717, 1.165) is 36.5 Å². The topological polar surface area (TPSA) is 58.6 Å². The summed E-state index contributed by atoms with van der Waals surface area (Å²) in [6.07, 6.45) is 0.825. The van der Waals surface area contributed by atoms with Gasteiger partial charge in [0.2, 0.25) is 5.91 Å². The van der Waals surface area contributed by atoms with Gasteiger partial charge in [-0.2, -0.15) is 0 Å². The fourth-order valence-corrected chi connectivity index (χ4v) is 5.19. The average Bonchev–Trinajstić information content (AvgIpc) is 3.13. The Balaban J connectivity index is 1.53. The number of fused-ring (bicyclic) bond motifs is 1. The molecule has 1 amide bonds. The van der Waals surface area contributed by atoms with Crippen molar-refractivity contribution in [2.24, 2.45) is 0 Å². The Kier molecular flexibility index (Phi) is 6.97. The lowest BCUT2D eigenvalue weighted by atomic mass is 10.0. The summed E-state index contributed by atoms with van der Waals surface area (Å²) in [5, 5.41) is 3.43. The number of hydrogen-bond acceptors (Lipinski definition) is 5. The van der Waals surface area contributed by atoms with Crippen LogP contribution in [0.2, 0.25) is 0 Å². The van der Waals surface area contributed by atoms with E-state index in [1.54, 1.807) is 19.1 Å². The second-order valence-electron chi connectivity index (χ2n) is 7.73. The Hall–Kier alpha value is -3.03. The van der Waals surface area contributed by atoms with Gasteiger partial charge in [0.1, 0.15) is 10.8 Å². The van der Waals surface area contributed by atoms with Crippen molar-refractivity contribution in [3.8, 4) is 0 Å². The van der Waals surface area contributed by atoms with Crippen LogP contribution in [0.25, 0.3) is 0 Å². The lowest BCUT2D eigenvalue weighted by molar-refractivity contribution is -0.115. The minimum absolute atomic E-state index is 0.102. The number of anilines is 1. The molecule has 2 heterocycles. The fraction of sp³-hybridized carbons (Fsp3) is 0.280. The molecule has 2 aromatic carbocycles. The highest BCUT2D eigenvalue weighted by molar-refractivity contribution is 7.17. The van der Waals surface area contributed by atoms with Crippen LogP contribution in [-0.4, -0.2) is 29.9 Å². The molecule has 0 saturated carbocycles. The molecule has 1 N–H and O–H groups in total. The molecule has 32 heavy (non-hydrogen) atoms. The summed E-state index contributed by atoms with van der Waals surface area (Å²) < 4.78 is 18.4. The first kappa shape index (κ1) is 22.2. The number of amides is 1. The minimum Gasteiger partial charge on any atom is -0.462 e. The Labute approximate surface area is 190 Å². The molecule has 1 aliphatic rings. The third kappa shape index (κ3) is 5.23. The van der Waals surface area contributed by atoms with E-state index in [0.29, 0.717) is 16.1 Å². The van der Waals surface area contributed by atoms with Gasteiger partial charge in [-0.1, -0.05) is 42.5 Å². The van der Waals surface area contributed by atoms with Gasteiger partial charge in [0.15, 0.2) is 0 Å². The summed E-state index contributed by atoms with van der Waals surface area (Å²) in [5.74, 6) is -0.995. The molecule has 0 saturated heterocycles. The minimum atomic E-state index is -0.404. The molecule has 0 bridgehead atoms. The van der Waals surface area contributed by atoms with E-state index in [1.165, 1.54) is 29.0 Å². The van der Waals surface area contributed by atoms with Crippen molar-refractivity contribution in [2.45, 2.75) is 32.9 Å². The van der Waals surface area contributed by atoms with Crippen LogP contribution in [0.1, 0.15) is 38.8 Å². The van der Waals surface area contributed by atoms with E-state index in [9.17, 15) is 14.0 Å². The maximum atomic E-state index is 13.1. The molecular formula is C25H25FN2O3S. The van der Waals surface area contributed by atoms with Gasteiger partial charge in [0, 0.05) is 24.5 Å². The van der Waals surface area contributed by atoms with Crippen LogP contribution in [-0.2, 0) is 35.5 Å². The van der Waals surface area contributed by atoms with Crippen LogP contribution in [0, 0.1) is 5.82 Å². The molecule has 1 aromatic heterocycles. The van der Waals surface area contributed by atoms with Crippen LogP contribution in [0.15, 0.2) is 54.6 Å². The highest BCUT2D eigenvalue weighted by Gasteiger charge is 2.29. The molecule has 7 heteroatoms. The number of ether oxygens (including phenoxy) is 1. The summed E-state index contributed by atoms with van der Waals surface area (Å²) in [6, 6.07) is 16.1. The molecule has 166 valence electrons. The van der Waals surface area contributed by atoms with Gasteiger partial charge in [-0.15, -0.1) is 11.3 Å². The van der Waals surface area contributed by atoms with Crippen LogP contribution >= 0.6 is 11.3 Å². The van der Waals surface area contributed by atoms with Gasteiger partial charge < -0.3 is 10.1 Å². The van der Waals surface area contributed by atoms with Crippen molar-refractivity contribution in [2.75, 3.05) is 18.5 Å². The number of thiophene rings is 1. The van der Waals surface area contributed by atoms with E-state index in [2.05, 4.69) is 22.3 Å². The van der Waals surface area contributed by atoms with Crippen molar-refractivity contribution in [1.29, 1.82) is 0 Å². The normalized spacial score (nSPS) is 13.4. The first-order valence-electron chi connectivity index (χ1n) is 10.7. The number of rotatable bonds is 7. The number of esters is 1. The first-order valence-corrected chi connectivity index (χ1v) is 11.5. The van der Waals surface area contributed by atoms with Gasteiger partial charge in [-0.05, 0) is 42.2 Å². The maximum Gasteiger partial charge on any atom is 0.341 e. The van der Waals surface area contributed by atoms with Gasteiger partial charge >= 0.3 is 5.97 Å². The van der Waals surface area contributed by atoms with Crippen molar-refractivity contribution < 1.29 is 18.7 Å². The smallest absolute Gasteiger partial charge is 0.341 e. The molecule has 3 aromatic rings. The molecule has 0 atom stereocenters. The zero-order valence-corrected chi connectivity index (χ0v) is 18.7. The Bertz CT molecular complexity index is 1100. The van der Waals surface area contributed by atoms with Crippen LogP contribution in [0.3, 0.4) is 0 Å². The lowest BCUT2D eigenvalue weighted by Crippen LogP contribution is -2.30. The van der Waals surface area contributed by atoms with Gasteiger partial charge in [0.05, 0.1) is 18.6 Å². The molecule has 0 aliphatic carbocycles. The van der Waals surface area contributed by atoms with E-state index in [1.807, 2.05) is 18.2 Å². The summed E-state index contributed by atoms with van der Waals surface area (Å²) in [7, 11) is 0. The Morgan fingerprint density at radius 1 is 1.09 bits per heavy atom. The first-order chi connectivity index (χ1) is 15.5. The zero-order chi connectivity index (χ0) is 22.5. The zero-order valence-electron chi connectivity index (χ0n) is 17.9. The van der Waals surface area contributed by atoms with Gasteiger partial charge in [-0.3, -0.25) is 9.69 Å². The number of carbonyl (C=O) groups is 2. The molecule has 0 radical (unpaired) electrons. The highest BCUT2D eigenvalue weighted by atomic mass is 32.1. The van der Waals surface area contributed by atoms with Crippen LogP contribution < -0.4 is 5.32 Å². The second-order valence-corrected chi connectivity index (χ2v) is 8.83. The maximum absolute atomic E-state index is 13.1. The number of carbonyl (C=O) groups excluding carboxylic acids is 2. The fourth-order valence-electron chi connectivity index (χ4n) is 3.90. The second kappa shape index (κ2) is 10.1. The van der Waals surface area contributed by atoms with Gasteiger partial charge in [-0.25, -0.2) is 9.18 Å². The number of nitrogens with one attached hydrogen (secondary N) is 1. The summed E-state index contributed by atoms with van der Waals surface area (Å²) in [6.45, 7) is 4.42. The molecule has 5 nitrogen and oxygen atoms in total. The molecule has 4 rings (SSSR count). The monoisotopic (exact) mass is 452 g/mol. The largest absolute Gasteiger partial charge is 0.462 e. The Morgan fingerprint density at radius 2 is 1.84 bits per heavy atom. The standard InChI is InChI=1S/C25H25FN2O3S/c1-2-31-25(30)23-20-12-13-28(15-18-6-4-3-5-7-18)16-21(20)32-24(23)27-22(29)14-17-8-10-19(26)11-9-17/h3-11H,2,12-16H2,1H3,(H,27,29). The average molecular weight is 453 g/mol. The van der Waals surface area contributed by atoms with Crippen molar-refractivity contribution in [3.63, 3.8) is 0 Å².